The first-order valence-electron chi connectivity index (χ1n) is 25.1. The second kappa shape index (κ2) is 23.0. The number of aromatic amines is 2. The first kappa shape index (κ1) is 54.2. The van der Waals surface area contributed by atoms with E-state index in [1.165, 1.54) is 21.5 Å². The predicted octanol–water partition coefficient (Wildman–Crippen LogP) is 6.87. The lowest BCUT2D eigenvalue weighted by atomic mass is 9.79. The Balaban J connectivity index is 1.05. The largest absolute Gasteiger partial charge is 0.497 e. The van der Waals surface area contributed by atoms with Crippen LogP contribution in [0.4, 0.5) is 0 Å². The Labute approximate surface area is 442 Å². The number of ether oxygens (including phenoxy) is 5. The molecule has 0 radical (unpaired) electrons. The molecule has 0 bridgehead atoms. The molecular formula is C57H63N4O13PSi. The Morgan fingerprint density at radius 3 is 1.47 bits per heavy atom. The van der Waals surface area contributed by atoms with Gasteiger partial charge < -0.3 is 42.1 Å². The van der Waals surface area contributed by atoms with Crippen molar-refractivity contribution in [2.75, 3.05) is 27.4 Å². The van der Waals surface area contributed by atoms with E-state index in [1.54, 1.807) is 28.1 Å². The van der Waals surface area contributed by atoms with Gasteiger partial charge >= 0.3 is 20.0 Å². The average Bonchev–Trinajstić information content (AvgIpc) is 4.02. The molecule has 1 unspecified atom stereocenters. The lowest BCUT2D eigenvalue weighted by molar-refractivity contribution is -0.0984. The molecule has 0 aliphatic carbocycles. The van der Waals surface area contributed by atoms with Crippen LogP contribution in [-0.4, -0.2) is 84.2 Å². The van der Waals surface area contributed by atoms with Crippen molar-refractivity contribution in [1.29, 1.82) is 0 Å². The molecule has 398 valence electrons. The molecule has 0 saturated carbocycles. The van der Waals surface area contributed by atoms with E-state index in [1.807, 2.05) is 115 Å². The maximum Gasteiger partial charge on any atom is 0.330 e. The Kier molecular flexibility index (Phi) is 16.4. The molecule has 19 heteroatoms. The fourth-order valence-corrected chi connectivity index (χ4v) is 15.7. The quantitative estimate of drug-likeness (QED) is 0.0431. The minimum absolute atomic E-state index is 0.00363. The van der Waals surface area contributed by atoms with Crippen LogP contribution in [0.15, 0.2) is 171 Å². The third kappa shape index (κ3) is 11.0. The van der Waals surface area contributed by atoms with E-state index in [0.717, 1.165) is 27.1 Å². The Hall–Kier alpha value is -6.57. The maximum absolute atomic E-state index is 13.5. The first-order valence-corrected chi connectivity index (χ1v) is 28.1. The lowest BCUT2D eigenvalue weighted by Crippen LogP contribution is -2.67. The first-order chi connectivity index (χ1) is 36.5. The number of rotatable bonds is 19. The Morgan fingerprint density at radius 1 is 0.605 bits per heavy atom. The lowest BCUT2D eigenvalue weighted by Gasteiger charge is -2.43. The van der Waals surface area contributed by atoms with Crippen molar-refractivity contribution in [3.8, 4) is 11.5 Å². The van der Waals surface area contributed by atoms with Gasteiger partial charge in [-0.1, -0.05) is 136 Å². The molecule has 7 atom stereocenters. The average molecular weight is 1070 g/mol. The molecule has 4 heterocycles. The number of H-pyrrole nitrogens is 2. The van der Waals surface area contributed by atoms with Crippen molar-refractivity contribution in [3.05, 3.63) is 221 Å². The van der Waals surface area contributed by atoms with Crippen LogP contribution in [0, 0.1) is 13.8 Å². The zero-order valence-electron chi connectivity index (χ0n) is 43.4. The molecule has 2 fully saturated rings. The van der Waals surface area contributed by atoms with Crippen LogP contribution in [0.3, 0.4) is 0 Å². The number of nitrogens with zero attached hydrogens (tertiary/aromatic N) is 2. The molecule has 0 spiro atoms. The summed E-state index contributed by atoms with van der Waals surface area (Å²) in [5.74, 6) is 1.27. The smallest absolute Gasteiger partial charge is 0.330 e. The van der Waals surface area contributed by atoms with Crippen LogP contribution < -0.4 is 42.3 Å². The third-order valence-electron chi connectivity index (χ3n) is 14.2. The standard InChI is InChI=1S/C57H63N4O13PSi/c1-37-33-60(54(64)58-52(37)62)50-31-46(73-57(39-17-11-8-12-18-39,40-23-27-42(67-6)28-24-40)41-25-29-43(68-7)30-26-41)48(71-50)35-69-75(66)74-47-32-51(61-34-38(2)53(63)59-55(61)65)72-49(47)36-70-76(56(3,4)5,44-19-13-9-14-20-44)45-21-15-10-16-22-45/h8-30,33-34,46-51,66H,31-32,35-36H2,1-7H3,(H,58,62,64)(H,59,63,65)/t46-,47-,48+,49+,50+,51+,75?/m0/s1. The second-order valence-electron chi connectivity index (χ2n) is 20.0. The van der Waals surface area contributed by atoms with E-state index in [9.17, 15) is 24.1 Å². The van der Waals surface area contributed by atoms with E-state index in [2.05, 4.69) is 55.0 Å². The molecule has 2 aliphatic rings. The summed E-state index contributed by atoms with van der Waals surface area (Å²) in [5, 5.41) is 1.70. The molecular weight excluding hydrogens is 1010 g/mol. The van der Waals surface area contributed by atoms with Gasteiger partial charge in [0.1, 0.15) is 41.8 Å². The van der Waals surface area contributed by atoms with Crippen LogP contribution >= 0.6 is 8.60 Å². The summed E-state index contributed by atoms with van der Waals surface area (Å²) < 4.78 is 54.7. The monoisotopic (exact) mass is 1070 g/mol. The molecule has 2 aliphatic heterocycles. The number of nitrogens with one attached hydrogen (secondary N) is 2. The molecule has 9 rings (SSSR count). The van der Waals surface area contributed by atoms with Gasteiger partial charge in [0.05, 0.1) is 39.6 Å². The van der Waals surface area contributed by atoms with Crippen molar-refractivity contribution in [3.63, 3.8) is 0 Å². The van der Waals surface area contributed by atoms with Crippen LogP contribution in [0.25, 0.3) is 0 Å². The summed E-state index contributed by atoms with van der Waals surface area (Å²) in [6, 6.07) is 45.1. The molecule has 5 aromatic carbocycles. The molecule has 7 aromatic rings. The zero-order chi connectivity index (χ0) is 53.8. The van der Waals surface area contributed by atoms with Gasteiger partial charge in [-0.2, -0.15) is 0 Å². The van der Waals surface area contributed by atoms with Gasteiger partial charge in [0.2, 0.25) is 0 Å². The van der Waals surface area contributed by atoms with E-state index in [-0.39, 0.29) is 31.1 Å². The zero-order valence-corrected chi connectivity index (χ0v) is 45.3. The van der Waals surface area contributed by atoms with Gasteiger partial charge in [0, 0.05) is 36.4 Å². The van der Waals surface area contributed by atoms with Crippen LogP contribution in [0.1, 0.15) is 73.9 Å². The highest BCUT2D eigenvalue weighted by Gasteiger charge is 2.52. The maximum atomic E-state index is 13.5. The normalized spacial score (nSPS) is 20.4. The van der Waals surface area contributed by atoms with Gasteiger partial charge in [-0.05, 0) is 70.2 Å². The number of hydrogen-bond acceptors (Lipinski definition) is 13. The van der Waals surface area contributed by atoms with Crippen LogP contribution in [0.2, 0.25) is 5.04 Å². The molecule has 2 aromatic heterocycles. The fourth-order valence-electron chi connectivity index (χ4n) is 10.4. The third-order valence-corrected chi connectivity index (χ3v) is 20.1. The number of aromatic nitrogens is 4. The summed E-state index contributed by atoms with van der Waals surface area (Å²) in [6.07, 6.45) is -2.30. The number of benzene rings is 5. The Morgan fingerprint density at radius 2 is 1.03 bits per heavy atom. The summed E-state index contributed by atoms with van der Waals surface area (Å²) >= 11 is 0. The molecule has 17 nitrogen and oxygen atoms in total. The highest BCUT2D eigenvalue weighted by molar-refractivity contribution is 7.40. The summed E-state index contributed by atoms with van der Waals surface area (Å²) in [7, 11) is -2.66. The van der Waals surface area contributed by atoms with Gasteiger partial charge in [-0.25, -0.2) is 9.59 Å². The highest BCUT2D eigenvalue weighted by atomic mass is 31.2. The fraction of sp³-hybridized carbons (Fsp3) is 0.333. The van der Waals surface area contributed by atoms with Gasteiger partial charge in [-0.15, -0.1) is 0 Å². The Bertz CT molecular complexity index is 3230. The van der Waals surface area contributed by atoms with Gasteiger partial charge in [-0.3, -0.25) is 28.7 Å². The predicted molar refractivity (Wildman–Crippen MR) is 290 cm³/mol. The molecule has 0 amide bonds. The van der Waals surface area contributed by atoms with Crippen molar-refractivity contribution in [2.24, 2.45) is 0 Å². The van der Waals surface area contributed by atoms with Crippen molar-refractivity contribution in [2.45, 2.75) is 95.0 Å². The number of aryl methyl sites for hydroxylation is 2. The van der Waals surface area contributed by atoms with E-state index >= 15 is 0 Å². The summed E-state index contributed by atoms with van der Waals surface area (Å²) in [6.45, 7) is 9.40. The molecule has 76 heavy (non-hydrogen) atoms. The topological polar surface area (TPSA) is 204 Å². The summed E-state index contributed by atoms with van der Waals surface area (Å²) in [5.41, 5.74) is -0.821. The van der Waals surface area contributed by atoms with Gasteiger partial charge in [0.15, 0.2) is 0 Å². The van der Waals surface area contributed by atoms with E-state index < -0.39 is 81.9 Å². The number of methoxy groups -OCH3 is 2. The SMILES string of the molecule is COc1ccc(C(O[C@H]2C[C@H](n3cc(C)c(=O)[nH]c3=O)O[C@@H]2COP(O)O[C@H]2C[C@H](n3cc(C)c(=O)[nH]c3=O)O[C@@H]2CO[Si](c2ccccc2)(c2ccccc2)C(C)(C)C)(c2ccccc2)c2ccc(OC)cc2)cc1. The van der Waals surface area contributed by atoms with Crippen molar-refractivity contribution in [1.82, 2.24) is 19.1 Å². The van der Waals surface area contributed by atoms with Crippen LogP contribution in [0.5, 0.6) is 11.5 Å². The van der Waals surface area contributed by atoms with E-state index in [0.29, 0.717) is 22.6 Å². The van der Waals surface area contributed by atoms with E-state index in [4.69, 9.17) is 37.2 Å². The second-order valence-corrected chi connectivity index (χ2v) is 25.2. The highest BCUT2D eigenvalue weighted by Crippen LogP contribution is 2.48. The summed E-state index contributed by atoms with van der Waals surface area (Å²) in [4.78, 5) is 68.6. The molecule has 3 N–H and O–H groups in total. The minimum atomic E-state index is -3.13. The minimum Gasteiger partial charge on any atom is -0.497 e. The van der Waals surface area contributed by atoms with Gasteiger partial charge in [0.25, 0.3) is 19.4 Å². The van der Waals surface area contributed by atoms with Crippen molar-refractivity contribution < 1.29 is 42.1 Å². The van der Waals surface area contributed by atoms with Crippen LogP contribution in [-0.2, 0) is 33.3 Å². The van der Waals surface area contributed by atoms with Crippen molar-refractivity contribution >= 4 is 27.3 Å². The number of hydrogen-bond donors (Lipinski definition) is 3. The molecule has 2 saturated heterocycles.